The van der Waals surface area contributed by atoms with Crippen LogP contribution < -0.4 is 5.32 Å². The van der Waals surface area contributed by atoms with E-state index in [1.807, 2.05) is 0 Å². The molecule has 0 heterocycles. The van der Waals surface area contributed by atoms with Crippen molar-refractivity contribution in [3.05, 3.63) is 0 Å². The predicted octanol–water partition coefficient (Wildman–Crippen LogP) is 1.71. The van der Waals surface area contributed by atoms with E-state index in [9.17, 15) is 14.4 Å². The number of nitrogens with zero attached hydrogens (tertiary/aromatic N) is 1. The Morgan fingerprint density at radius 2 is 1.80 bits per heavy atom. The molecule has 0 aromatic carbocycles. The molecule has 7 heteroatoms. The fraction of sp³-hybridized carbons (Fsp3) is 0.769. The smallest absolute Gasteiger partial charge is 0.408 e. The molecule has 0 saturated carbocycles. The van der Waals surface area contributed by atoms with Crippen LogP contribution in [0.2, 0.25) is 0 Å². The Bertz CT molecular complexity index is 364. The molecule has 0 aliphatic carbocycles. The number of carbonyl (C=O) groups is 3. The third-order valence-electron chi connectivity index (χ3n) is 2.36. The molecule has 2 amide bonds. The molecule has 0 unspecified atom stereocenters. The Kier molecular flexibility index (Phi) is 7.78. The van der Waals surface area contributed by atoms with Crippen LogP contribution in [0.25, 0.3) is 0 Å². The second-order valence-electron chi connectivity index (χ2n) is 5.63. The molecule has 0 aliphatic heterocycles. The first kappa shape index (κ1) is 18.9. The first-order valence-corrected chi connectivity index (χ1v) is 7.47. The van der Waals surface area contributed by atoms with Gasteiger partial charge in [0.2, 0.25) is 5.91 Å². The van der Waals surface area contributed by atoms with E-state index in [2.05, 4.69) is 21.2 Å². The molecular formula is C13H23BrN2O4. The minimum atomic E-state index is -0.729. The minimum Gasteiger partial charge on any atom is -0.444 e. The number of ketones is 1. The lowest BCUT2D eigenvalue weighted by Crippen LogP contribution is -2.44. The van der Waals surface area contributed by atoms with Crippen molar-refractivity contribution in [1.29, 1.82) is 0 Å². The average molecular weight is 351 g/mol. The van der Waals surface area contributed by atoms with Gasteiger partial charge in [-0.1, -0.05) is 15.9 Å². The monoisotopic (exact) mass is 350 g/mol. The van der Waals surface area contributed by atoms with Crippen LogP contribution in [0.3, 0.4) is 0 Å². The highest BCUT2D eigenvalue weighted by atomic mass is 79.9. The van der Waals surface area contributed by atoms with Gasteiger partial charge in [-0.2, -0.15) is 0 Å². The zero-order valence-electron chi connectivity index (χ0n) is 12.7. The van der Waals surface area contributed by atoms with Gasteiger partial charge in [0.15, 0.2) is 5.78 Å². The second-order valence-corrected chi connectivity index (χ2v) is 6.19. The first-order valence-electron chi connectivity index (χ1n) is 6.35. The molecular weight excluding hydrogens is 328 g/mol. The molecule has 0 saturated heterocycles. The third-order valence-corrected chi connectivity index (χ3v) is 2.91. The van der Waals surface area contributed by atoms with Crippen molar-refractivity contribution in [3.8, 4) is 0 Å². The normalized spacial score (nSPS) is 12.5. The lowest BCUT2D eigenvalue weighted by Gasteiger charge is -2.23. The average Bonchev–Trinajstić information content (AvgIpc) is 2.30. The van der Waals surface area contributed by atoms with Crippen LogP contribution >= 0.6 is 15.9 Å². The molecule has 0 aliphatic rings. The molecule has 0 aromatic rings. The molecule has 1 atom stereocenters. The maximum atomic E-state index is 11.8. The second kappa shape index (κ2) is 8.24. The lowest BCUT2D eigenvalue weighted by atomic mass is 10.1. The molecule has 0 radical (unpaired) electrons. The SMILES string of the molecule is CN(C)C(=O)CC[C@H](NC(=O)OC(C)(C)C)C(=O)CBr. The summed E-state index contributed by atoms with van der Waals surface area (Å²) in [6.45, 7) is 5.22. The van der Waals surface area contributed by atoms with Crippen molar-refractivity contribution in [2.45, 2.75) is 45.3 Å². The van der Waals surface area contributed by atoms with Crippen molar-refractivity contribution in [2.75, 3.05) is 19.4 Å². The molecule has 116 valence electrons. The highest BCUT2D eigenvalue weighted by molar-refractivity contribution is 9.09. The summed E-state index contributed by atoms with van der Waals surface area (Å²) in [5.74, 6) is -0.286. The van der Waals surface area contributed by atoms with E-state index in [1.54, 1.807) is 34.9 Å². The number of amides is 2. The summed E-state index contributed by atoms with van der Waals surface area (Å²) < 4.78 is 5.10. The maximum absolute atomic E-state index is 11.8. The zero-order valence-corrected chi connectivity index (χ0v) is 14.2. The first-order chi connectivity index (χ1) is 9.06. The topological polar surface area (TPSA) is 75.7 Å². The Hall–Kier alpha value is -1.11. The van der Waals surface area contributed by atoms with Gasteiger partial charge < -0.3 is 15.0 Å². The van der Waals surface area contributed by atoms with E-state index in [0.29, 0.717) is 0 Å². The highest BCUT2D eigenvalue weighted by Crippen LogP contribution is 2.09. The molecule has 1 N–H and O–H groups in total. The molecule has 0 bridgehead atoms. The van der Waals surface area contributed by atoms with Crippen LogP contribution in [0.4, 0.5) is 4.79 Å². The van der Waals surface area contributed by atoms with Crippen molar-refractivity contribution < 1.29 is 19.1 Å². The van der Waals surface area contributed by atoms with Gasteiger partial charge >= 0.3 is 6.09 Å². The number of hydrogen-bond acceptors (Lipinski definition) is 4. The van der Waals surface area contributed by atoms with Gasteiger partial charge in [0.05, 0.1) is 11.4 Å². The molecule has 0 aromatic heterocycles. The predicted molar refractivity (Wildman–Crippen MR) is 79.9 cm³/mol. The van der Waals surface area contributed by atoms with E-state index < -0.39 is 17.7 Å². The number of carbonyl (C=O) groups excluding carboxylic acids is 3. The van der Waals surface area contributed by atoms with Crippen molar-refractivity contribution in [3.63, 3.8) is 0 Å². The van der Waals surface area contributed by atoms with Crippen molar-refractivity contribution in [2.24, 2.45) is 0 Å². The maximum Gasteiger partial charge on any atom is 0.408 e. The van der Waals surface area contributed by atoms with E-state index in [0.717, 1.165) is 0 Å². The van der Waals surface area contributed by atoms with Crippen molar-refractivity contribution >= 4 is 33.7 Å². The van der Waals surface area contributed by atoms with E-state index in [4.69, 9.17) is 4.74 Å². The van der Waals surface area contributed by atoms with Gasteiger partial charge in [-0.3, -0.25) is 9.59 Å². The van der Waals surface area contributed by atoms with Crippen LogP contribution in [0.5, 0.6) is 0 Å². The number of ether oxygens (including phenoxy) is 1. The van der Waals surface area contributed by atoms with Gasteiger partial charge in [-0.15, -0.1) is 0 Å². The fourth-order valence-electron chi connectivity index (χ4n) is 1.35. The van der Waals surface area contributed by atoms with Gasteiger partial charge in [-0.25, -0.2) is 4.79 Å². The summed E-state index contributed by atoms with van der Waals surface area (Å²) in [6.07, 6.45) is -0.221. The number of halogens is 1. The summed E-state index contributed by atoms with van der Waals surface area (Å²) >= 11 is 3.07. The summed E-state index contributed by atoms with van der Waals surface area (Å²) in [5.41, 5.74) is -0.633. The number of Topliss-reactive ketones (excluding diaryl/α,β-unsaturated/α-hetero) is 1. The Morgan fingerprint density at radius 1 is 1.25 bits per heavy atom. The van der Waals surface area contributed by atoms with Gasteiger partial charge in [0.25, 0.3) is 0 Å². The number of alkyl carbamates (subject to hydrolysis) is 1. The Morgan fingerprint density at radius 3 is 2.20 bits per heavy atom. The largest absolute Gasteiger partial charge is 0.444 e. The Labute approximate surface area is 128 Å². The number of nitrogens with one attached hydrogen (secondary N) is 1. The van der Waals surface area contributed by atoms with Crippen LogP contribution in [-0.4, -0.2) is 53.8 Å². The van der Waals surface area contributed by atoms with Crippen molar-refractivity contribution in [1.82, 2.24) is 10.2 Å². The zero-order chi connectivity index (χ0) is 15.9. The summed E-state index contributed by atoms with van der Waals surface area (Å²) in [6, 6.07) is -0.729. The van der Waals surface area contributed by atoms with Gasteiger partial charge in [-0.05, 0) is 27.2 Å². The van der Waals surface area contributed by atoms with Crippen LogP contribution in [0, 0.1) is 0 Å². The lowest BCUT2D eigenvalue weighted by molar-refractivity contribution is -0.129. The van der Waals surface area contributed by atoms with Crippen LogP contribution in [0.15, 0.2) is 0 Å². The minimum absolute atomic E-state index is 0.0941. The summed E-state index contributed by atoms with van der Waals surface area (Å²) in [7, 11) is 3.29. The number of hydrogen-bond donors (Lipinski definition) is 1. The quantitative estimate of drug-likeness (QED) is 0.740. The molecule has 20 heavy (non-hydrogen) atoms. The van der Waals surface area contributed by atoms with E-state index >= 15 is 0 Å². The van der Waals surface area contributed by atoms with Crippen LogP contribution in [-0.2, 0) is 14.3 Å². The Balaban J connectivity index is 4.54. The highest BCUT2D eigenvalue weighted by Gasteiger charge is 2.24. The third kappa shape index (κ3) is 8.14. The summed E-state index contributed by atoms with van der Waals surface area (Å²) in [4.78, 5) is 36.4. The van der Waals surface area contributed by atoms with E-state index in [1.165, 1.54) is 4.90 Å². The molecule has 0 rings (SSSR count). The number of alkyl halides is 1. The fourth-order valence-corrected chi connectivity index (χ4v) is 1.74. The molecule has 0 spiro atoms. The standard InChI is InChI=1S/C13H23BrN2O4/c1-13(2,3)20-12(19)15-9(10(17)8-14)6-7-11(18)16(4)5/h9H,6-8H2,1-5H3,(H,15,19)/t9-/m0/s1. The molecule has 6 nitrogen and oxygen atoms in total. The van der Waals surface area contributed by atoms with E-state index in [-0.39, 0.29) is 29.9 Å². The molecule has 0 fully saturated rings. The van der Waals surface area contributed by atoms with Gasteiger partial charge in [0, 0.05) is 20.5 Å². The van der Waals surface area contributed by atoms with Crippen LogP contribution in [0.1, 0.15) is 33.6 Å². The number of rotatable bonds is 6. The van der Waals surface area contributed by atoms with Gasteiger partial charge in [0.1, 0.15) is 5.60 Å². The summed E-state index contributed by atoms with van der Waals surface area (Å²) in [5, 5.41) is 2.62.